The molecule has 1 heterocycles. The SMILES string of the molecule is CS(=O)(=O)c1ccc(CCN2CCNCC2)cc1. The summed E-state index contributed by atoms with van der Waals surface area (Å²) in [5, 5.41) is 3.33. The molecule has 1 aliphatic rings. The van der Waals surface area contributed by atoms with Crippen molar-refractivity contribution in [1.29, 1.82) is 0 Å². The van der Waals surface area contributed by atoms with Gasteiger partial charge in [-0.15, -0.1) is 0 Å². The Kier molecular flexibility index (Phi) is 4.37. The number of sulfone groups is 1. The third-order valence-electron chi connectivity index (χ3n) is 3.28. The number of hydrogen-bond donors (Lipinski definition) is 1. The molecule has 1 aromatic rings. The van der Waals surface area contributed by atoms with Gasteiger partial charge in [0.25, 0.3) is 0 Å². The zero-order chi connectivity index (χ0) is 13.0. The Balaban J connectivity index is 1.90. The van der Waals surface area contributed by atoms with Crippen LogP contribution in [0.15, 0.2) is 29.2 Å². The monoisotopic (exact) mass is 268 g/mol. The fraction of sp³-hybridized carbons (Fsp3) is 0.538. The molecule has 0 spiro atoms. The van der Waals surface area contributed by atoms with Gasteiger partial charge in [0.15, 0.2) is 9.84 Å². The normalized spacial score (nSPS) is 17.8. The molecule has 18 heavy (non-hydrogen) atoms. The molecule has 0 aromatic heterocycles. The molecule has 0 atom stereocenters. The molecule has 1 fully saturated rings. The van der Waals surface area contributed by atoms with Crippen LogP contribution in [-0.4, -0.2) is 52.3 Å². The van der Waals surface area contributed by atoms with Crippen molar-refractivity contribution in [2.75, 3.05) is 39.0 Å². The molecule has 0 amide bonds. The molecule has 2 rings (SSSR count). The molecule has 1 saturated heterocycles. The van der Waals surface area contributed by atoms with Gasteiger partial charge in [-0.3, -0.25) is 0 Å². The first-order chi connectivity index (χ1) is 8.55. The lowest BCUT2D eigenvalue weighted by atomic mass is 10.1. The van der Waals surface area contributed by atoms with Crippen molar-refractivity contribution in [3.8, 4) is 0 Å². The van der Waals surface area contributed by atoms with Gasteiger partial charge in [0.1, 0.15) is 0 Å². The highest BCUT2D eigenvalue weighted by Gasteiger charge is 2.10. The van der Waals surface area contributed by atoms with E-state index in [1.54, 1.807) is 12.1 Å². The van der Waals surface area contributed by atoms with E-state index >= 15 is 0 Å². The molecule has 0 aliphatic carbocycles. The average Bonchev–Trinajstić information content (AvgIpc) is 2.37. The smallest absolute Gasteiger partial charge is 0.175 e. The first-order valence-corrected chi connectivity index (χ1v) is 8.17. The van der Waals surface area contributed by atoms with Crippen LogP contribution in [0.3, 0.4) is 0 Å². The van der Waals surface area contributed by atoms with E-state index in [9.17, 15) is 8.42 Å². The first kappa shape index (κ1) is 13.5. The first-order valence-electron chi connectivity index (χ1n) is 6.28. The van der Waals surface area contributed by atoms with Crippen LogP contribution in [0.5, 0.6) is 0 Å². The summed E-state index contributed by atoms with van der Waals surface area (Å²) < 4.78 is 22.7. The highest BCUT2D eigenvalue weighted by molar-refractivity contribution is 7.90. The lowest BCUT2D eigenvalue weighted by Gasteiger charge is -2.27. The fourth-order valence-electron chi connectivity index (χ4n) is 2.13. The summed E-state index contributed by atoms with van der Waals surface area (Å²) in [5.74, 6) is 0. The van der Waals surface area contributed by atoms with E-state index in [1.807, 2.05) is 12.1 Å². The summed E-state index contributed by atoms with van der Waals surface area (Å²) in [4.78, 5) is 2.83. The van der Waals surface area contributed by atoms with Crippen molar-refractivity contribution in [1.82, 2.24) is 10.2 Å². The lowest BCUT2D eigenvalue weighted by Crippen LogP contribution is -2.44. The third-order valence-corrected chi connectivity index (χ3v) is 4.41. The van der Waals surface area contributed by atoms with Crippen molar-refractivity contribution in [2.45, 2.75) is 11.3 Å². The van der Waals surface area contributed by atoms with Gasteiger partial charge in [-0.25, -0.2) is 8.42 Å². The molecule has 1 aromatic carbocycles. The largest absolute Gasteiger partial charge is 0.314 e. The van der Waals surface area contributed by atoms with Gasteiger partial charge in [0.2, 0.25) is 0 Å². The Labute approximate surface area is 109 Å². The van der Waals surface area contributed by atoms with Gasteiger partial charge in [-0.05, 0) is 24.1 Å². The fourth-order valence-corrected chi connectivity index (χ4v) is 2.76. The van der Waals surface area contributed by atoms with E-state index < -0.39 is 9.84 Å². The lowest BCUT2D eigenvalue weighted by molar-refractivity contribution is 0.244. The highest BCUT2D eigenvalue weighted by atomic mass is 32.2. The molecule has 5 heteroatoms. The van der Waals surface area contributed by atoms with Crippen molar-refractivity contribution in [2.24, 2.45) is 0 Å². The Morgan fingerprint density at radius 1 is 1.17 bits per heavy atom. The van der Waals surface area contributed by atoms with Gasteiger partial charge < -0.3 is 10.2 Å². The van der Waals surface area contributed by atoms with E-state index in [0.29, 0.717) is 4.90 Å². The van der Waals surface area contributed by atoms with E-state index in [0.717, 1.165) is 39.1 Å². The van der Waals surface area contributed by atoms with Gasteiger partial charge in [0, 0.05) is 39.0 Å². The summed E-state index contributed by atoms with van der Waals surface area (Å²) in [5.41, 5.74) is 1.20. The molecule has 4 nitrogen and oxygen atoms in total. The Hall–Kier alpha value is -0.910. The number of piperazine rings is 1. The van der Waals surface area contributed by atoms with E-state index in [4.69, 9.17) is 0 Å². The third kappa shape index (κ3) is 3.80. The minimum Gasteiger partial charge on any atom is -0.314 e. The summed E-state index contributed by atoms with van der Waals surface area (Å²) in [6.45, 7) is 5.36. The van der Waals surface area contributed by atoms with Crippen LogP contribution >= 0.6 is 0 Å². The van der Waals surface area contributed by atoms with Crippen LogP contribution in [-0.2, 0) is 16.3 Å². The van der Waals surface area contributed by atoms with Crippen LogP contribution in [0.25, 0.3) is 0 Å². The Morgan fingerprint density at radius 3 is 2.33 bits per heavy atom. The Morgan fingerprint density at radius 2 is 1.78 bits per heavy atom. The van der Waals surface area contributed by atoms with Gasteiger partial charge in [-0.2, -0.15) is 0 Å². The molecule has 1 aliphatic heterocycles. The number of nitrogens with one attached hydrogen (secondary N) is 1. The van der Waals surface area contributed by atoms with Crippen molar-refractivity contribution < 1.29 is 8.42 Å². The maximum Gasteiger partial charge on any atom is 0.175 e. The average molecular weight is 268 g/mol. The van der Waals surface area contributed by atoms with Gasteiger partial charge in [-0.1, -0.05) is 12.1 Å². The van der Waals surface area contributed by atoms with Crippen LogP contribution in [0.1, 0.15) is 5.56 Å². The molecule has 0 radical (unpaired) electrons. The quantitative estimate of drug-likeness (QED) is 0.866. The van der Waals surface area contributed by atoms with Gasteiger partial charge in [0.05, 0.1) is 4.90 Å². The van der Waals surface area contributed by atoms with Crippen molar-refractivity contribution in [3.63, 3.8) is 0 Å². The van der Waals surface area contributed by atoms with Crippen LogP contribution < -0.4 is 5.32 Å². The summed E-state index contributed by atoms with van der Waals surface area (Å²) in [6.07, 6.45) is 2.22. The number of hydrogen-bond acceptors (Lipinski definition) is 4. The maximum absolute atomic E-state index is 11.3. The molecule has 0 unspecified atom stereocenters. The van der Waals surface area contributed by atoms with Crippen molar-refractivity contribution in [3.05, 3.63) is 29.8 Å². The van der Waals surface area contributed by atoms with Crippen LogP contribution in [0, 0.1) is 0 Å². The molecule has 0 bridgehead atoms. The second kappa shape index (κ2) is 5.82. The minimum absolute atomic E-state index is 0.397. The molecule has 0 saturated carbocycles. The molecular formula is C13H20N2O2S. The Bertz CT molecular complexity index is 476. The molecular weight excluding hydrogens is 248 g/mol. The van der Waals surface area contributed by atoms with Crippen LogP contribution in [0.4, 0.5) is 0 Å². The predicted octanol–water partition coefficient (Wildman–Crippen LogP) is 0.538. The van der Waals surface area contributed by atoms with E-state index in [1.165, 1.54) is 11.8 Å². The second-order valence-electron chi connectivity index (χ2n) is 4.76. The van der Waals surface area contributed by atoms with E-state index in [2.05, 4.69) is 10.2 Å². The van der Waals surface area contributed by atoms with Crippen molar-refractivity contribution >= 4 is 9.84 Å². The summed E-state index contributed by atoms with van der Waals surface area (Å²) >= 11 is 0. The van der Waals surface area contributed by atoms with Gasteiger partial charge >= 0.3 is 0 Å². The summed E-state index contributed by atoms with van der Waals surface area (Å²) in [6, 6.07) is 7.22. The predicted molar refractivity (Wildman–Crippen MR) is 72.6 cm³/mol. The number of nitrogens with zero attached hydrogens (tertiary/aromatic N) is 1. The van der Waals surface area contributed by atoms with Crippen LogP contribution in [0.2, 0.25) is 0 Å². The standard InChI is InChI=1S/C13H20N2O2S/c1-18(16,17)13-4-2-12(3-5-13)6-9-15-10-7-14-8-11-15/h2-5,14H,6-11H2,1H3. The number of benzene rings is 1. The maximum atomic E-state index is 11.3. The zero-order valence-electron chi connectivity index (χ0n) is 10.7. The topological polar surface area (TPSA) is 49.4 Å². The number of rotatable bonds is 4. The molecule has 1 N–H and O–H groups in total. The molecule has 100 valence electrons. The van der Waals surface area contributed by atoms with E-state index in [-0.39, 0.29) is 0 Å². The second-order valence-corrected chi connectivity index (χ2v) is 6.77. The minimum atomic E-state index is -3.07. The summed E-state index contributed by atoms with van der Waals surface area (Å²) in [7, 11) is -3.07. The highest BCUT2D eigenvalue weighted by Crippen LogP contribution is 2.11. The zero-order valence-corrected chi connectivity index (χ0v) is 11.5.